The van der Waals surface area contributed by atoms with Crippen molar-refractivity contribution in [2.45, 2.75) is 33.4 Å². The third-order valence-electron chi connectivity index (χ3n) is 2.57. The highest BCUT2D eigenvalue weighted by Gasteiger charge is 2.23. The average molecular weight is 270 g/mol. The average Bonchev–Trinajstić information content (AvgIpc) is 2.53. The number of rotatable bonds is 5. The zero-order chi connectivity index (χ0) is 14.7. The van der Waals surface area contributed by atoms with Crippen molar-refractivity contribution in [2.24, 2.45) is 0 Å². The van der Waals surface area contributed by atoms with E-state index in [1.54, 1.807) is 0 Å². The van der Waals surface area contributed by atoms with E-state index in [2.05, 4.69) is 10.4 Å². The molecule has 1 heterocycles. The maximum absolute atomic E-state index is 11.6. The lowest BCUT2D eigenvalue weighted by atomic mass is 10.3. The molecule has 0 spiro atoms. The lowest BCUT2D eigenvalue weighted by Gasteiger charge is -2.09. The molecule has 0 aliphatic carbocycles. The number of aromatic nitrogens is 2. The van der Waals surface area contributed by atoms with Gasteiger partial charge in [-0.05, 0) is 20.8 Å². The van der Waals surface area contributed by atoms with Crippen LogP contribution in [0.15, 0.2) is 0 Å². The fraction of sp³-hybridized carbons (Fsp3) is 0.500. The van der Waals surface area contributed by atoms with E-state index in [0.29, 0.717) is 0 Å². The second-order valence-electron chi connectivity index (χ2n) is 4.06. The van der Waals surface area contributed by atoms with E-state index in [9.17, 15) is 19.7 Å². The molecule has 0 saturated carbocycles. The number of nitrogens with zero attached hydrogens (tertiary/aromatic N) is 3. The summed E-state index contributed by atoms with van der Waals surface area (Å²) in [5, 5.41) is 25.6. The first-order chi connectivity index (χ1) is 8.73. The van der Waals surface area contributed by atoms with Crippen LogP contribution in [0.4, 0.5) is 5.69 Å². The number of nitrogens with one attached hydrogen (secondary N) is 1. The Morgan fingerprint density at radius 2 is 2.11 bits per heavy atom. The highest BCUT2D eigenvalue weighted by Crippen LogP contribution is 2.21. The SMILES string of the molecule is Cc1nn(CC(=O)NC(C)C(=O)O)c(C)c1[N+](=O)[O-]. The first-order valence-corrected chi connectivity index (χ1v) is 5.44. The predicted octanol–water partition coefficient (Wildman–Crippen LogP) is -0.00256. The zero-order valence-corrected chi connectivity index (χ0v) is 10.7. The van der Waals surface area contributed by atoms with Crippen molar-refractivity contribution < 1.29 is 19.6 Å². The lowest BCUT2D eigenvalue weighted by molar-refractivity contribution is -0.386. The molecule has 9 heteroatoms. The van der Waals surface area contributed by atoms with E-state index >= 15 is 0 Å². The molecule has 0 fully saturated rings. The van der Waals surface area contributed by atoms with E-state index in [4.69, 9.17) is 5.11 Å². The van der Waals surface area contributed by atoms with Crippen LogP contribution in [0.1, 0.15) is 18.3 Å². The van der Waals surface area contributed by atoms with Gasteiger partial charge in [0.2, 0.25) is 5.91 Å². The van der Waals surface area contributed by atoms with Crippen molar-refractivity contribution in [3.05, 3.63) is 21.5 Å². The van der Waals surface area contributed by atoms with Gasteiger partial charge in [0, 0.05) is 0 Å². The summed E-state index contributed by atoms with van der Waals surface area (Å²) in [6, 6.07) is -1.03. The number of carbonyl (C=O) groups excluding carboxylic acids is 1. The van der Waals surface area contributed by atoms with E-state index in [1.807, 2.05) is 0 Å². The topological polar surface area (TPSA) is 127 Å². The molecule has 1 rings (SSSR count). The second-order valence-corrected chi connectivity index (χ2v) is 4.06. The Labute approximate surface area is 108 Å². The normalized spacial score (nSPS) is 11.9. The summed E-state index contributed by atoms with van der Waals surface area (Å²) in [4.78, 5) is 32.4. The van der Waals surface area contributed by atoms with E-state index < -0.39 is 22.8 Å². The Morgan fingerprint density at radius 1 is 1.53 bits per heavy atom. The largest absolute Gasteiger partial charge is 0.480 e. The van der Waals surface area contributed by atoms with Crippen molar-refractivity contribution in [1.29, 1.82) is 0 Å². The van der Waals surface area contributed by atoms with Crippen LogP contribution in [-0.2, 0) is 16.1 Å². The van der Waals surface area contributed by atoms with Gasteiger partial charge in [-0.15, -0.1) is 0 Å². The van der Waals surface area contributed by atoms with Gasteiger partial charge < -0.3 is 10.4 Å². The van der Waals surface area contributed by atoms with Crippen LogP contribution in [0.25, 0.3) is 0 Å². The fourth-order valence-corrected chi connectivity index (χ4v) is 1.59. The summed E-state index contributed by atoms with van der Waals surface area (Å²) in [6.45, 7) is 4.01. The lowest BCUT2D eigenvalue weighted by Crippen LogP contribution is -2.40. The minimum Gasteiger partial charge on any atom is -0.480 e. The number of hydrogen-bond acceptors (Lipinski definition) is 5. The molecule has 19 heavy (non-hydrogen) atoms. The maximum Gasteiger partial charge on any atom is 0.325 e. The minimum absolute atomic E-state index is 0.140. The van der Waals surface area contributed by atoms with E-state index in [1.165, 1.54) is 25.5 Å². The molecule has 2 N–H and O–H groups in total. The van der Waals surface area contributed by atoms with Crippen molar-refractivity contribution in [2.75, 3.05) is 0 Å². The van der Waals surface area contributed by atoms with Gasteiger partial charge in [0.15, 0.2) is 0 Å². The molecule has 0 aliphatic heterocycles. The van der Waals surface area contributed by atoms with Crippen molar-refractivity contribution in [3.63, 3.8) is 0 Å². The van der Waals surface area contributed by atoms with Crippen molar-refractivity contribution >= 4 is 17.6 Å². The Balaban J connectivity index is 2.84. The van der Waals surface area contributed by atoms with Gasteiger partial charge in [-0.2, -0.15) is 5.10 Å². The molecule has 0 aliphatic rings. The summed E-state index contributed by atoms with van der Waals surface area (Å²) in [5.41, 5.74) is 0.321. The molecule has 0 radical (unpaired) electrons. The molecule has 1 amide bonds. The van der Waals surface area contributed by atoms with Gasteiger partial charge in [-0.25, -0.2) is 0 Å². The van der Waals surface area contributed by atoms with Crippen LogP contribution in [0.5, 0.6) is 0 Å². The van der Waals surface area contributed by atoms with Gasteiger partial charge in [-0.3, -0.25) is 24.4 Å². The molecular formula is C10H14N4O5. The summed E-state index contributed by atoms with van der Waals surface area (Å²) in [7, 11) is 0. The first-order valence-electron chi connectivity index (χ1n) is 5.44. The van der Waals surface area contributed by atoms with Crippen LogP contribution >= 0.6 is 0 Å². The summed E-state index contributed by atoms with van der Waals surface area (Å²) in [5.74, 6) is -1.73. The number of carbonyl (C=O) groups is 2. The first kappa shape index (κ1) is 14.6. The molecule has 104 valence electrons. The van der Waals surface area contributed by atoms with Crippen LogP contribution < -0.4 is 5.32 Å². The third-order valence-corrected chi connectivity index (χ3v) is 2.57. The van der Waals surface area contributed by atoms with E-state index in [-0.39, 0.29) is 23.6 Å². The molecule has 0 bridgehead atoms. The molecule has 1 aromatic heterocycles. The number of hydrogen-bond donors (Lipinski definition) is 2. The van der Waals surface area contributed by atoms with Crippen LogP contribution in [0.2, 0.25) is 0 Å². The number of carboxylic acids is 1. The monoisotopic (exact) mass is 270 g/mol. The van der Waals surface area contributed by atoms with Crippen LogP contribution in [0.3, 0.4) is 0 Å². The Kier molecular flexibility index (Phi) is 4.20. The minimum atomic E-state index is -1.16. The quantitative estimate of drug-likeness (QED) is 0.572. The molecule has 9 nitrogen and oxygen atoms in total. The van der Waals surface area contributed by atoms with Gasteiger partial charge in [0.05, 0.1) is 4.92 Å². The van der Waals surface area contributed by atoms with Crippen molar-refractivity contribution in [1.82, 2.24) is 15.1 Å². The van der Waals surface area contributed by atoms with Crippen molar-refractivity contribution in [3.8, 4) is 0 Å². The Morgan fingerprint density at radius 3 is 2.53 bits per heavy atom. The number of amides is 1. The van der Waals surface area contributed by atoms with Gasteiger partial charge in [0.1, 0.15) is 24.0 Å². The third kappa shape index (κ3) is 3.27. The number of aryl methyl sites for hydroxylation is 1. The number of carboxylic acid groups (broad SMARTS) is 1. The molecule has 0 aromatic carbocycles. The molecule has 0 saturated heterocycles. The highest BCUT2D eigenvalue weighted by molar-refractivity contribution is 5.83. The molecule has 1 unspecified atom stereocenters. The highest BCUT2D eigenvalue weighted by atomic mass is 16.6. The smallest absolute Gasteiger partial charge is 0.325 e. The number of nitro groups is 1. The standard InChI is InChI=1S/C10H14N4O5/c1-5-9(14(18)19)7(3)13(12-5)4-8(15)11-6(2)10(16)17/h6H,4H2,1-3H3,(H,11,15)(H,16,17). The van der Waals surface area contributed by atoms with E-state index in [0.717, 1.165) is 0 Å². The molecule has 1 aromatic rings. The van der Waals surface area contributed by atoms with Crippen LogP contribution in [-0.4, -0.2) is 37.7 Å². The maximum atomic E-state index is 11.6. The zero-order valence-electron chi connectivity index (χ0n) is 10.7. The van der Waals surface area contributed by atoms with Gasteiger partial charge in [-0.1, -0.05) is 0 Å². The van der Waals surface area contributed by atoms with Gasteiger partial charge in [0.25, 0.3) is 0 Å². The summed E-state index contributed by atoms with van der Waals surface area (Å²) < 4.78 is 1.18. The second kappa shape index (κ2) is 5.46. The summed E-state index contributed by atoms with van der Waals surface area (Å²) in [6.07, 6.45) is 0. The molecular weight excluding hydrogens is 256 g/mol. The Hall–Kier alpha value is -2.45. The Bertz CT molecular complexity index is 536. The molecule has 1 atom stereocenters. The van der Waals surface area contributed by atoms with Crippen LogP contribution in [0, 0.1) is 24.0 Å². The summed E-state index contributed by atoms with van der Waals surface area (Å²) >= 11 is 0. The fourth-order valence-electron chi connectivity index (χ4n) is 1.59. The van der Waals surface area contributed by atoms with Gasteiger partial charge >= 0.3 is 11.7 Å². The predicted molar refractivity (Wildman–Crippen MR) is 63.6 cm³/mol. The number of aliphatic carboxylic acids is 1.